The maximum Gasteiger partial charge on any atom is 0.416 e. The van der Waals surface area contributed by atoms with E-state index >= 15 is 0 Å². The standard InChI is InChI=1S/C31H44F3N5O/c1-24(2)22-37-16-13-29(25(23-37)10-11-30(40)36(3)15-12-27-8-4-5-14-35-27)39-19-17-38(18-20-39)28-9-6-7-26(21-28)31(32,33)34/h4-9,14,21,24-25,29H,10-13,15-20,22-23H2,1-3H3/t25-,29+/m1/s1. The van der Waals surface area contributed by atoms with Gasteiger partial charge < -0.3 is 14.7 Å². The van der Waals surface area contributed by atoms with E-state index in [1.165, 1.54) is 12.1 Å². The normalized spacial score (nSPS) is 21.1. The predicted molar refractivity (Wildman–Crippen MR) is 153 cm³/mol. The Morgan fingerprint density at radius 3 is 2.52 bits per heavy atom. The molecule has 0 saturated carbocycles. The van der Waals surface area contributed by atoms with Crippen LogP contribution < -0.4 is 4.90 Å². The van der Waals surface area contributed by atoms with Crippen molar-refractivity contribution in [2.24, 2.45) is 11.8 Å². The van der Waals surface area contributed by atoms with Gasteiger partial charge >= 0.3 is 6.18 Å². The molecule has 0 aliphatic carbocycles. The molecule has 2 aromatic rings. The second kappa shape index (κ2) is 13.8. The molecule has 1 aromatic carbocycles. The molecule has 2 aliphatic heterocycles. The highest BCUT2D eigenvalue weighted by Gasteiger charge is 2.36. The first-order valence-corrected chi connectivity index (χ1v) is 14.6. The summed E-state index contributed by atoms with van der Waals surface area (Å²) in [7, 11) is 1.88. The molecule has 3 heterocycles. The largest absolute Gasteiger partial charge is 0.416 e. The molecule has 1 amide bonds. The summed E-state index contributed by atoms with van der Waals surface area (Å²) in [5.41, 5.74) is 1.03. The number of aromatic nitrogens is 1. The van der Waals surface area contributed by atoms with E-state index < -0.39 is 11.7 Å². The molecule has 6 nitrogen and oxygen atoms in total. The van der Waals surface area contributed by atoms with Crippen LogP contribution in [-0.4, -0.2) is 91.0 Å². The zero-order valence-electron chi connectivity index (χ0n) is 24.1. The van der Waals surface area contributed by atoms with Crippen molar-refractivity contribution in [1.29, 1.82) is 0 Å². The summed E-state index contributed by atoms with van der Waals surface area (Å²) >= 11 is 0. The predicted octanol–water partition coefficient (Wildman–Crippen LogP) is 5.05. The minimum Gasteiger partial charge on any atom is -0.369 e. The number of rotatable bonds is 10. The van der Waals surface area contributed by atoms with Crippen LogP contribution in [-0.2, 0) is 17.4 Å². The van der Waals surface area contributed by atoms with Crippen LogP contribution >= 0.6 is 0 Å². The average Bonchev–Trinajstić information content (AvgIpc) is 2.94. The van der Waals surface area contributed by atoms with Crippen molar-refractivity contribution in [2.45, 2.75) is 51.7 Å². The van der Waals surface area contributed by atoms with Gasteiger partial charge in [0, 0.05) is 89.3 Å². The molecule has 1 aromatic heterocycles. The molecule has 40 heavy (non-hydrogen) atoms. The van der Waals surface area contributed by atoms with Crippen molar-refractivity contribution in [3.05, 3.63) is 59.9 Å². The fraction of sp³-hybridized carbons (Fsp3) is 0.613. The number of likely N-dealkylation sites (tertiary alicyclic amines) is 1. The summed E-state index contributed by atoms with van der Waals surface area (Å²) in [5, 5.41) is 0. The Morgan fingerprint density at radius 1 is 1.07 bits per heavy atom. The summed E-state index contributed by atoms with van der Waals surface area (Å²) < 4.78 is 39.7. The van der Waals surface area contributed by atoms with Gasteiger partial charge in [-0.15, -0.1) is 0 Å². The summed E-state index contributed by atoms with van der Waals surface area (Å²) in [6.07, 6.45) is 0.624. The van der Waals surface area contributed by atoms with Gasteiger partial charge in [-0.25, -0.2) is 0 Å². The molecule has 9 heteroatoms. The lowest BCUT2D eigenvalue weighted by molar-refractivity contribution is -0.137. The summed E-state index contributed by atoms with van der Waals surface area (Å²) in [4.78, 5) is 26.4. The van der Waals surface area contributed by atoms with Gasteiger partial charge in [-0.05, 0) is 61.6 Å². The maximum atomic E-state index is 13.2. The number of piperidine rings is 1. The molecular weight excluding hydrogens is 515 g/mol. The molecule has 0 bridgehead atoms. The summed E-state index contributed by atoms with van der Waals surface area (Å²) in [6, 6.07) is 11.9. The van der Waals surface area contributed by atoms with Gasteiger partial charge in [0.05, 0.1) is 5.56 Å². The number of anilines is 1. The Bertz CT molecular complexity index is 1070. The van der Waals surface area contributed by atoms with Crippen LogP contribution in [0.1, 0.15) is 44.4 Å². The van der Waals surface area contributed by atoms with Gasteiger partial charge in [-0.1, -0.05) is 26.0 Å². The third kappa shape index (κ3) is 8.43. The molecule has 0 spiro atoms. The lowest BCUT2D eigenvalue weighted by atomic mass is 9.86. The third-order valence-corrected chi connectivity index (χ3v) is 8.31. The SMILES string of the molecule is CC(C)CN1CC[C@H](N2CCN(c3cccc(C(F)(F)F)c3)CC2)[C@H](CCC(=O)N(C)CCc2ccccn2)C1. The van der Waals surface area contributed by atoms with Crippen molar-refractivity contribution in [3.8, 4) is 0 Å². The van der Waals surface area contributed by atoms with E-state index in [1.54, 1.807) is 12.3 Å². The van der Waals surface area contributed by atoms with Crippen molar-refractivity contribution in [3.63, 3.8) is 0 Å². The van der Waals surface area contributed by atoms with E-state index in [2.05, 4.69) is 33.5 Å². The van der Waals surface area contributed by atoms with E-state index in [-0.39, 0.29) is 5.91 Å². The first-order valence-electron chi connectivity index (χ1n) is 14.6. The number of halogens is 3. The quantitative estimate of drug-likeness (QED) is 0.408. The zero-order chi connectivity index (χ0) is 28.7. The monoisotopic (exact) mass is 559 g/mol. The Balaban J connectivity index is 1.34. The minimum absolute atomic E-state index is 0.171. The van der Waals surface area contributed by atoms with Crippen LogP contribution in [0.3, 0.4) is 0 Å². The average molecular weight is 560 g/mol. The van der Waals surface area contributed by atoms with Gasteiger partial charge in [0.1, 0.15) is 0 Å². The summed E-state index contributed by atoms with van der Waals surface area (Å²) in [6.45, 7) is 11.3. The van der Waals surface area contributed by atoms with Gasteiger partial charge in [-0.2, -0.15) is 13.2 Å². The second-order valence-corrected chi connectivity index (χ2v) is 11.8. The number of amides is 1. The molecule has 2 fully saturated rings. The highest BCUT2D eigenvalue weighted by atomic mass is 19.4. The maximum absolute atomic E-state index is 13.2. The number of piperazine rings is 1. The number of carbonyl (C=O) groups is 1. The lowest BCUT2D eigenvalue weighted by Crippen LogP contribution is -2.57. The third-order valence-electron chi connectivity index (χ3n) is 8.31. The zero-order valence-corrected chi connectivity index (χ0v) is 24.1. The van der Waals surface area contributed by atoms with Gasteiger partial charge in [-0.3, -0.25) is 14.7 Å². The Morgan fingerprint density at radius 2 is 1.85 bits per heavy atom. The Kier molecular flexibility index (Phi) is 10.5. The molecule has 0 N–H and O–H groups in total. The van der Waals surface area contributed by atoms with Crippen LogP contribution in [0, 0.1) is 11.8 Å². The topological polar surface area (TPSA) is 42.9 Å². The number of pyridine rings is 1. The van der Waals surface area contributed by atoms with Gasteiger partial charge in [0.15, 0.2) is 0 Å². The number of benzene rings is 1. The first kappa shape index (κ1) is 30.3. The highest BCUT2D eigenvalue weighted by Crippen LogP contribution is 2.33. The van der Waals surface area contributed by atoms with Crippen LogP contribution in [0.5, 0.6) is 0 Å². The smallest absolute Gasteiger partial charge is 0.369 e. The van der Waals surface area contributed by atoms with Gasteiger partial charge in [0.2, 0.25) is 5.91 Å². The van der Waals surface area contributed by atoms with E-state index in [0.29, 0.717) is 49.6 Å². The first-order chi connectivity index (χ1) is 19.1. The number of hydrogen-bond donors (Lipinski definition) is 0. The molecule has 0 radical (unpaired) electrons. The van der Waals surface area contributed by atoms with E-state index in [1.807, 2.05) is 30.1 Å². The number of alkyl halides is 3. The van der Waals surface area contributed by atoms with Crippen LogP contribution in [0.4, 0.5) is 18.9 Å². The number of hydrogen-bond acceptors (Lipinski definition) is 5. The molecule has 2 aliphatic rings. The molecule has 2 saturated heterocycles. The number of nitrogens with zero attached hydrogens (tertiary/aromatic N) is 5. The number of likely N-dealkylation sites (N-methyl/N-ethyl adjacent to an activating group) is 1. The minimum atomic E-state index is -4.33. The molecule has 220 valence electrons. The second-order valence-electron chi connectivity index (χ2n) is 11.8. The van der Waals surface area contributed by atoms with E-state index in [9.17, 15) is 18.0 Å². The molecule has 0 unspecified atom stereocenters. The van der Waals surface area contributed by atoms with Crippen molar-refractivity contribution >= 4 is 11.6 Å². The van der Waals surface area contributed by atoms with Crippen molar-refractivity contribution in [1.82, 2.24) is 19.7 Å². The Hall–Kier alpha value is -2.65. The van der Waals surface area contributed by atoms with Crippen molar-refractivity contribution in [2.75, 3.05) is 64.3 Å². The van der Waals surface area contributed by atoms with Crippen LogP contribution in [0.15, 0.2) is 48.7 Å². The van der Waals surface area contributed by atoms with Gasteiger partial charge in [0.25, 0.3) is 0 Å². The van der Waals surface area contributed by atoms with Crippen LogP contribution in [0.2, 0.25) is 0 Å². The number of carbonyl (C=O) groups excluding carboxylic acids is 1. The van der Waals surface area contributed by atoms with E-state index in [0.717, 1.165) is 63.7 Å². The lowest BCUT2D eigenvalue weighted by Gasteiger charge is -2.47. The molecule has 4 rings (SSSR count). The molecular formula is C31H44F3N5O. The van der Waals surface area contributed by atoms with E-state index in [4.69, 9.17) is 0 Å². The fourth-order valence-corrected chi connectivity index (χ4v) is 6.19. The fourth-order valence-electron chi connectivity index (χ4n) is 6.19. The van der Waals surface area contributed by atoms with Crippen molar-refractivity contribution < 1.29 is 18.0 Å². The highest BCUT2D eigenvalue weighted by molar-refractivity contribution is 5.75. The van der Waals surface area contributed by atoms with Crippen LogP contribution in [0.25, 0.3) is 0 Å². The Labute approximate surface area is 237 Å². The molecule has 2 atom stereocenters. The summed E-state index contributed by atoms with van der Waals surface area (Å²) in [5.74, 6) is 1.15.